The van der Waals surface area contributed by atoms with Crippen molar-refractivity contribution in [3.05, 3.63) is 36.0 Å². The zero-order chi connectivity index (χ0) is 12.3. The maximum Gasteiger partial charge on any atom is 0.253 e. The number of carbonyl (C=O) groups is 1. The van der Waals surface area contributed by atoms with Crippen LogP contribution >= 0.6 is 0 Å². The minimum atomic E-state index is -0.184. The molecule has 0 saturated heterocycles. The standard InChI is InChI=1S/C13H16N2O2/c1-2-9(8-16)15-13(17)11-7-14-12-6-4-3-5-10(11)12/h3-7,9,14,16H,2,8H2,1H3,(H,15,17). The maximum atomic E-state index is 12.0. The van der Waals surface area contributed by atoms with Crippen LogP contribution < -0.4 is 5.32 Å². The molecule has 0 fully saturated rings. The van der Waals surface area contributed by atoms with Gasteiger partial charge in [0.25, 0.3) is 5.91 Å². The third-order valence-corrected chi connectivity index (χ3v) is 2.88. The average molecular weight is 232 g/mol. The van der Waals surface area contributed by atoms with E-state index in [2.05, 4.69) is 10.3 Å². The Bertz CT molecular complexity index is 515. The molecule has 3 N–H and O–H groups in total. The lowest BCUT2D eigenvalue weighted by Crippen LogP contribution is -2.36. The van der Waals surface area contributed by atoms with Crippen molar-refractivity contribution in [1.29, 1.82) is 0 Å². The molecule has 1 aromatic heterocycles. The van der Waals surface area contributed by atoms with E-state index in [1.54, 1.807) is 6.20 Å². The summed E-state index contributed by atoms with van der Waals surface area (Å²) in [4.78, 5) is 15.1. The summed E-state index contributed by atoms with van der Waals surface area (Å²) in [5.41, 5.74) is 1.56. The van der Waals surface area contributed by atoms with E-state index < -0.39 is 0 Å². The van der Waals surface area contributed by atoms with Crippen LogP contribution in [-0.2, 0) is 0 Å². The number of hydrogen-bond donors (Lipinski definition) is 3. The van der Waals surface area contributed by atoms with Gasteiger partial charge >= 0.3 is 0 Å². The van der Waals surface area contributed by atoms with Crippen molar-refractivity contribution < 1.29 is 9.90 Å². The molecule has 2 aromatic rings. The Labute approximate surface area is 99.7 Å². The smallest absolute Gasteiger partial charge is 0.253 e. The first-order valence-electron chi connectivity index (χ1n) is 5.74. The fraction of sp³-hybridized carbons (Fsp3) is 0.308. The third kappa shape index (κ3) is 2.31. The van der Waals surface area contributed by atoms with Crippen molar-refractivity contribution in [2.45, 2.75) is 19.4 Å². The second-order valence-corrected chi connectivity index (χ2v) is 4.01. The number of aromatic amines is 1. The van der Waals surface area contributed by atoms with Gasteiger partial charge in [0.05, 0.1) is 18.2 Å². The van der Waals surface area contributed by atoms with Gasteiger partial charge in [0.2, 0.25) is 0 Å². The molecule has 0 bridgehead atoms. The molecule has 90 valence electrons. The molecule has 4 heteroatoms. The molecule has 1 atom stereocenters. The van der Waals surface area contributed by atoms with E-state index in [1.807, 2.05) is 31.2 Å². The highest BCUT2D eigenvalue weighted by Crippen LogP contribution is 2.17. The van der Waals surface area contributed by atoms with Gasteiger partial charge in [-0.3, -0.25) is 4.79 Å². The molecule has 0 spiro atoms. The van der Waals surface area contributed by atoms with E-state index in [9.17, 15) is 4.79 Å². The molecule has 0 aliphatic carbocycles. The first-order valence-corrected chi connectivity index (χ1v) is 5.74. The van der Waals surface area contributed by atoms with Crippen molar-refractivity contribution >= 4 is 16.8 Å². The monoisotopic (exact) mass is 232 g/mol. The van der Waals surface area contributed by atoms with Crippen molar-refractivity contribution in [2.75, 3.05) is 6.61 Å². The Morgan fingerprint density at radius 1 is 1.47 bits per heavy atom. The summed E-state index contributed by atoms with van der Waals surface area (Å²) in [5, 5.41) is 12.8. The second kappa shape index (κ2) is 5.01. The summed E-state index contributed by atoms with van der Waals surface area (Å²) >= 11 is 0. The zero-order valence-corrected chi connectivity index (χ0v) is 9.73. The summed E-state index contributed by atoms with van der Waals surface area (Å²) in [6.45, 7) is 1.89. The molecule has 4 nitrogen and oxygen atoms in total. The molecule has 0 saturated carbocycles. The minimum Gasteiger partial charge on any atom is -0.394 e. The van der Waals surface area contributed by atoms with Gasteiger partial charge in [-0.2, -0.15) is 0 Å². The van der Waals surface area contributed by atoms with Crippen molar-refractivity contribution in [1.82, 2.24) is 10.3 Å². The highest BCUT2D eigenvalue weighted by molar-refractivity contribution is 6.06. The SMILES string of the molecule is CCC(CO)NC(=O)c1c[nH]c2ccccc12. The molecular weight excluding hydrogens is 216 g/mol. The highest BCUT2D eigenvalue weighted by Gasteiger charge is 2.14. The third-order valence-electron chi connectivity index (χ3n) is 2.88. The largest absolute Gasteiger partial charge is 0.394 e. The van der Waals surface area contributed by atoms with Gasteiger partial charge in [0, 0.05) is 17.1 Å². The number of aromatic nitrogens is 1. The van der Waals surface area contributed by atoms with Crippen LogP contribution in [0.3, 0.4) is 0 Å². The lowest BCUT2D eigenvalue weighted by Gasteiger charge is -2.13. The van der Waals surface area contributed by atoms with Crippen LogP contribution in [0.25, 0.3) is 10.9 Å². The molecule has 2 rings (SSSR count). The number of benzene rings is 1. The maximum absolute atomic E-state index is 12.0. The molecule has 0 aliphatic rings. The predicted molar refractivity (Wildman–Crippen MR) is 66.9 cm³/mol. The molecule has 0 aliphatic heterocycles. The summed E-state index contributed by atoms with van der Waals surface area (Å²) in [6.07, 6.45) is 2.41. The lowest BCUT2D eigenvalue weighted by atomic mass is 10.1. The van der Waals surface area contributed by atoms with Crippen LogP contribution in [0.1, 0.15) is 23.7 Å². The van der Waals surface area contributed by atoms with Crippen LogP contribution in [0, 0.1) is 0 Å². The van der Waals surface area contributed by atoms with Crippen LogP contribution in [0.15, 0.2) is 30.5 Å². The number of hydrogen-bond acceptors (Lipinski definition) is 2. The number of amides is 1. The summed E-state index contributed by atoms with van der Waals surface area (Å²) in [7, 11) is 0. The summed E-state index contributed by atoms with van der Waals surface area (Å²) in [5.74, 6) is -0.150. The van der Waals surface area contributed by atoms with Gasteiger partial charge in [0.1, 0.15) is 0 Å². The van der Waals surface area contributed by atoms with Gasteiger partial charge in [-0.1, -0.05) is 25.1 Å². The van der Waals surface area contributed by atoms with Crippen molar-refractivity contribution in [3.8, 4) is 0 Å². The molecule has 1 heterocycles. The number of aliphatic hydroxyl groups excluding tert-OH is 1. The normalized spacial score (nSPS) is 12.6. The Morgan fingerprint density at radius 3 is 2.94 bits per heavy atom. The Hall–Kier alpha value is -1.81. The number of H-pyrrole nitrogens is 1. The summed E-state index contributed by atoms with van der Waals surface area (Å²) < 4.78 is 0. The van der Waals surface area contributed by atoms with Crippen LogP contribution in [0.4, 0.5) is 0 Å². The molecule has 1 unspecified atom stereocenters. The number of carbonyl (C=O) groups excluding carboxylic acids is 1. The molecule has 1 aromatic carbocycles. The van der Waals surface area contributed by atoms with Crippen LogP contribution in [0.2, 0.25) is 0 Å². The van der Waals surface area contributed by atoms with Gasteiger partial charge in [-0.05, 0) is 12.5 Å². The van der Waals surface area contributed by atoms with Gasteiger partial charge in [-0.25, -0.2) is 0 Å². The quantitative estimate of drug-likeness (QED) is 0.750. The fourth-order valence-corrected chi connectivity index (χ4v) is 1.80. The Kier molecular flexibility index (Phi) is 3.44. The highest BCUT2D eigenvalue weighted by atomic mass is 16.3. The number of aliphatic hydroxyl groups is 1. The van der Waals surface area contributed by atoms with E-state index in [4.69, 9.17) is 5.11 Å². The molecule has 0 radical (unpaired) electrons. The minimum absolute atomic E-state index is 0.0371. The van der Waals surface area contributed by atoms with E-state index in [-0.39, 0.29) is 18.6 Å². The first-order chi connectivity index (χ1) is 8.26. The van der Waals surface area contributed by atoms with Gasteiger partial charge in [-0.15, -0.1) is 0 Å². The van der Waals surface area contributed by atoms with E-state index in [1.165, 1.54) is 0 Å². The molecular formula is C13H16N2O2. The van der Waals surface area contributed by atoms with E-state index >= 15 is 0 Å². The van der Waals surface area contributed by atoms with E-state index in [0.717, 1.165) is 10.9 Å². The summed E-state index contributed by atoms with van der Waals surface area (Å²) in [6, 6.07) is 7.46. The van der Waals surface area contributed by atoms with E-state index in [0.29, 0.717) is 12.0 Å². The average Bonchev–Trinajstić information content (AvgIpc) is 2.79. The topological polar surface area (TPSA) is 65.1 Å². The number of rotatable bonds is 4. The van der Waals surface area contributed by atoms with Crippen molar-refractivity contribution in [3.63, 3.8) is 0 Å². The van der Waals surface area contributed by atoms with Crippen LogP contribution in [0.5, 0.6) is 0 Å². The number of para-hydroxylation sites is 1. The van der Waals surface area contributed by atoms with Gasteiger partial charge < -0.3 is 15.4 Å². The Balaban J connectivity index is 2.25. The second-order valence-electron chi connectivity index (χ2n) is 4.01. The lowest BCUT2D eigenvalue weighted by molar-refractivity contribution is 0.0916. The fourth-order valence-electron chi connectivity index (χ4n) is 1.80. The number of fused-ring (bicyclic) bond motifs is 1. The molecule has 1 amide bonds. The van der Waals surface area contributed by atoms with Gasteiger partial charge in [0.15, 0.2) is 0 Å². The molecule has 17 heavy (non-hydrogen) atoms. The Morgan fingerprint density at radius 2 is 2.24 bits per heavy atom. The first kappa shape index (κ1) is 11.7. The van der Waals surface area contributed by atoms with Crippen molar-refractivity contribution in [2.24, 2.45) is 0 Å². The zero-order valence-electron chi connectivity index (χ0n) is 9.73. The number of nitrogens with one attached hydrogen (secondary N) is 2. The van der Waals surface area contributed by atoms with Crippen LogP contribution in [-0.4, -0.2) is 28.6 Å². The predicted octanol–water partition coefficient (Wildman–Crippen LogP) is 1.67.